The van der Waals surface area contributed by atoms with E-state index in [4.69, 9.17) is 40.1 Å². The highest BCUT2D eigenvalue weighted by molar-refractivity contribution is 6.63. The van der Waals surface area contributed by atoms with E-state index in [9.17, 15) is 0 Å². The van der Waals surface area contributed by atoms with Crippen molar-refractivity contribution in [1.82, 2.24) is 0 Å². The Morgan fingerprint density at radius 2 is 1.38 bits per heavy atom. The van der Waals surface area contributed by atoms with Gasteiger partial charge in [0.15, 0.2) is 4.30 Å². The molecule has 0 saturated heterocycles. The minimum Gasteiger partial charge on any atom is -0.412 e. The largest absolute Gasteiger partial charge is 0.412 e. The maximum absolute atomic E-state index is 7.32. The van der Waals surface area contributed by atoms with Crippen molar-refractivity contribution < 1.29 is 5.48 Å². The van der Waals surface area contributed by atoms with Gasteiger partial charge in [-0.1, -0.05) is 34.8 Å². The Labute approximate surface area is 63.3 Å². The molecule has 0 amide bonds. The third-order valence-corrected chi connectivity index (χ3v) is 0. The van der Waals surface area contributed by atoms with Crippen molar-refractivity contribution in [3.63, 3.8) is 0 Å². The van der Waals surface area contributed by atoms with E-state index in [1.165, 1.54) is 6.92 Å². The van der Waals surface area contributed by atoms with Crippen molar-refractivity contribution in [3.05, 3.63) is 0 Å². The van der Waals surface area contributed by atoms with E-state index >= 15 is 0 Å². The molecule has 0 heterocycles. The molecule has 5 heteroatoms. The standard InChI is InChI=1S/C2H3N.CHCl3.H2O/c1-2-3;2-1(3)4;/h1H3;1H;1H2. The van der Waals surface area contributed by atoms with Gasteiger partial charge in [0.25, 0.3) is 0 Å². The quantitative estimate of drug-likeness (QED) is 0.521. The Bertz CT molecular complexity index is 57.3. The summed E-state index contributed by atoms with van der Waals surface area (Å²) in [6.45, 7) is 1.43. The molecule has 8 heavy (non-hydrogen) atoms. The minimum absolute atomic E-state index is 0. The zero-order valence-electron chi connectivity index (χ0n) is 4.16. The molecule has 0 aliphatic heterocycles. The van der Waals surface area contributed by atoms with Gasteiger partial charge in [0, 0.05) is 6.92 Å². The molecular weight excluding hydrogens is 172 g/mol. The van der Waals surface area contributed by atoms with Crippen LogP contribution in [0.1, 0.15) is 6.92 Å². The molecule has 0 aromatic carbocycles. The van der Waals surface area contributed by atoms with Crippen LogP contribution in [0.4, 0.5) is 0 Å². The van der Waals surface area contributed by atoms with E-state index in [-0.39, 0.29) is 5.48 Å². The highest BCUT2D eigenvalue weighted by Gasteiger charge is 1.78. The number of nitriles is 1. The van der Waals surface area contributed by atoms with Gasteiger partial charge in [0.05, 0.1) is 6.07 Å². The average Bonchev–Trinajstić information content (AvgIpc) is 1.33. The molecule has 0 radical (unpaired) electrons. The lowest BCUT2D eigenvalue weighted by atomic mass is 11.0. The fourth-order valence-corrected chi connectivity index (χ4v) is 0. The molecular formula is C3H6Cl3NO. The van der Waals surface area contributed by atoms with Crippen molar-refractivity contribution in [2.24, 2.45) is 0 Å². The molecule has 0 unspecified atom stereocenters. The fraction of sp³-hybridized carbons (Fsp3) is 0.667. The second-order valence-electron chi connectivity index (χ2n) is 0.471. The molecule has 0 saturated carbocycles. The number of nitrogens with zero attached hydrogens (tertiary/aromatic N) is 1. The second-order valence-corrected chi connectivity index (χ2v) is 2.45. The number of hydrogen-bond donors (Lipinski definition) is 0. The first-order chi connectivity index (χ1) is 3.15. The monoisotopic (exact) mass is 177 g/mol. The Hall–Kier alpha value is 0.320. The summed E-state index contributed by atoms with van der Waals surface area (Å²) < 4.78 is -0.750. The Kier molecular flexibility index (Phi) is 30.8. The summed E-state index contributed by atoms with van der Waals surface area (Å²) in [4.78, 5) is 0. The van der Waals surface area contributed by atoms with Crippen molar-refractivity contribution in [2.75, 3.05) is 0 Å². The van der Waals surface area contributed by atoms with Crippen LogP contribution in [0.3, 0.4) is 0 Å². The molecule has 2 N–H and O–H groups in total. The van der Waals surface area contributed by atoms with E-state index < -0.39 is 4.30 Å². The van der Waals surface area contributed by atoms with Crippen LogP contribution < -0.4 is 0 Å². The fourth-order valence-electron chi connectivity index (χ4n) is 0. The number of hydrogen-bond acceptors (Lipinski definition) is 1. The first kappa shape index (κ1) is 15.8. The van der Waals surface area contributed by atoms with Crippen LogP contribution in [0.2, 0.25) is 0 Å². The predicted molar refractivity (Wildman–Crippen MR) is 36.2 cm³/mol. The van der Waals surface area contributed by atoms with Crippen molar-refractivity contribution in [2.45, 2.75) is 11.2 Å². The lowest BCUT2D eigenvalue weighted by Gasteiger charge is -1.69. The van der Waals surface area contributed by atoms with Crippen LogP contribution in [-0.2, 0) is 0 Å². The van der Waals surface area contributed by atoms with Crippen LogP contribution in [0.5, 0.6) is 0 Å². The second kappa shape index (κ2) is 15.7. The van der Waals surface area contributed by atoms with Crippen LogP contribution in [0.25, 0.3) is 0 Å². The lowest BCUT2D eigenvalue weighted by molar-refractivity contribution is 0.824. The molecule has 0 rings (SSSR count). The maximum atomic E-state index is 7.32. The van der Waals surface area contributed by atoms with E-state index in [2.05, 4.69) is 0 Å². The highest BCUT2D eigenvalue weighted by atomic mass is 35.6. The molecule has 50 valence electrons. The molecule has 0 aliphatic rings. The topological polar surface area (TPSA) is 55.3 Å². The SMILES string of the molecule is CC#N.ClC(Cl)Cl.O. The average molecular weight is 178 g/mol. The summed E-state index contributed by atoms with van der Waals surface area (Å²) in [5.74, 6) is 0. The van der Waals surface area contributed by atoms with Gasteiger partial charge in [-0.25, -0.2) is 0 Å². The van der Waals surface area contributed by atoms with Gasteiger partial charge >= 0.3 is 0 Å². The van der Waals surface area contributed by atoms with Gasteiger partial charge in [-0.3, -0.25) is 0 Å². The molecule has 0 atom stereocenters. The van der Waals surface area contributed by atoms with Crippen molar-refractivity contribution >= 4 is 34.8 Å². The smallest absolute Gasteiger partial charge is 0.180 e. The minimum atomic E-state index is -0.750. The lowest BCUT2D eigenvalue weighted by Crippen LogP contribution is -1.55. The summed E-state index contributed by atoms with van der Waals surface area (Å²) in [5, 5.41) is 7.32. The molecule has 2 nitrogen and oxygen atoms in total. The maximum Gasteiger partial charge on any atom is 0.180 e. The number of rotatable bonds is 0. The summed E-state index contributed by atoms with van der Waals surface area (Å²) in [5.41, 5.74) is 0. The van der Waals surface area contributed by atoms with Crippen LogP contribution in [-0.4, -0.2) is 9.77 Å². The van der Waals surface area contributed by atoms with Gasteiger partial charge in [-0.15, -0.1) is 0 Å². The van der Waals surface area contributed by atoms with Crippen LogP contribution in [0.15, 0.2) is 0 Å². The van der Waals surface area contributed by atoms with Crippen molar-refractivity contribution in [3.8, 4) is 6.07 Å². The highest BCUT2D eigenvalue weighted by Crippen LogP contribution is 2.03. The molecule has 0 spiro atoms. The molecule has 0 bridgehead atoms. The van der Waals surface area contributed by atoms with Gasteiger partial charge in [0.1, 0.15) is 0 Å². The molecule has 0 aliphatic carbocycles. The first-order valence-electron chi connectivity index (χ1n) is 1.38. The van der Waals surface area contributed by atoms with E-state index in [0.29, 0.717) is 0 Å². The summed E-state index contributed by atoms with van der Waals surface area (Å²) in [6.07, 6.45) is 0. The van der Waals surface area contributed by atoms with Gasteiger partial charge in [-0.2, -0.15) is 5.26 Å². The summed E-state index contributed by atoms with van der Waals surface area (Å²) in [7, 11) is 0. The summed E-state index contributed by atoms with van der Waals surface area (Å²) in [6, 6.07) is 1.75. The Balaban J connectivity index is -0.0000000575. The van der Waals surface area contributed by atoms with Gasteiger partial charge in [0.2, 0.25) is 0 Å². The predicted octanol–water partition coefficient (Wildman–Crippen LogP) is 1.69. The third kappa shape index (κ3) is 1750. The van der Waals surface area contributed by atoms with Gasteiger partial charge in [-0.05, 0) is 0 Å². The third-order valence-electron chi connectivity index (χ3n) is 0. The zero-order chi connectivity index (χ0) is 6.28. The number of halogens is 3. The van der Waals surface area contributed by atoms with E-state index in [0.717, 1.165) is 0 Å². The summed E-state index contributed by atoms with van der Waals surface area (Å²) >= 11 is 14.4. The van der Waals surface area contributed by atoms with E-state index in [1.807, 2.05) is 0 Å². The van der Waals surface area contributed by atoms with Crippen LogP contribution >= 0.6 is 34.8 Å². The molecule has 0 aromatic heterocycles. The first-order valence-corrected chi connectivity index (χ1v) is 2.69. The number of alkyl halides is 3. The van der Waals surface area contributed by atoms with Crippen LogP contribution in [0, 0.1) is 11.3 Å². The van der Waals surface area contributed by atoms with Crippen molar-refractivity contribution in [1.29, 1.82) is 5.26 Å². The van der Waals surface area contributed by atoms with E-state index in [1.54, 1.807) is 6.07 Å². The van der Waals surface area contributed by atoms with Gasteiger partial charge < -0.3 is 5.48 Å². The normalized spacial score (nSPS) is 5.50. The molecule has 0 fully saturated rings. The zero-order valence-corrected chi connectivity index (χ0v) is 6.43. The Morgan fingerprint density at radius 1 is 1.38 bits per heavy atom. The molecule has 0 aromatic rings. The Morgan fingerprint density at radius 3 is 1.38 bits per heavy atom.